The third kappa shape index (κ3) is 6.31. The molecule has 2 aromatic carbocycles. The SMILES string of the molecule is CCSC1=C(C(=O)OCc2ccccc2)N2C(=O)[C@H](C(C)OC(=O)OCc3ccc([N+](=O)[O-])cc3)[C@H]2S(=O)C1. The molecule has 2 heterocycles. The molecule has 1 fully saturated rings. The highest BCUT2D eigenvalue weighted by molar-refractivity contribution is 8.04. The van der Waals surface area contributed by atoms with Gasteiger partial charge in [0.1, 0.15) is 36.3 Å². The van der Waals surface area contributed by atoms with Gasteiger partial charge in [0.15, 0.2) is 0 Å². The number of rotatable bonds is 10. The molecule has 1 amide bonds. The van der Waals surface area contributed by atoms with Gasteiger partial charge in [-0.2, -0.15) is 0 Å². The van der Waals surface area contributed by atoms with E-state index in [9.17, 15) is 28.7 Å². The lowest BCUT2D eigenvalue weighted by Crippen LogP contribution is -2.68. The molecule has 0 aromatic heterocycles. The van der Waals surface area contributed by atoms with E-state index in [0.29, 0.717) is 16.2 Å². The maximum atomic E-state index is 13.2. The fraction of sp³-hybridized carbons (Fsp3) is 0.346. The molecule has 0 saturated carbocycles. The van der Waals surface area contributed by atoms with Gasteiger partial charge in [-0.05, 0) is 35.9 Å². The van der Waals surface area contributed by atoms with Crippen molar-refractivity contribution in [2.75, 3.05) is 11.5 Å². The summed E-state index contributed by atoms with van der Waals surface area (Å²) in [5, 5.41) is 9.91. The Balaban J connectivity index is 1.40. The van der Waals surface area contributed by atoms with Gasteiger partial charge in [0, 0.05) is 17.0 Å². The number of nitrogens with zero attached hydrogens (tertiary/aromatic N) is 2. The Kier molecular flexibility index (Phi) is 9.02. The van der Waals surface area contributed by atoms with E-state index in [-0.39, 0.29) is 30.4 Å². The van der Waals surface area contributed by atoms with Crippen LogP contribution >= 0.6 is 11.8 Å². The summed E-state index contributed by atoms with van der Waals surface area (Å²) in [6.45, 7) is 3.21. The molecule has 11 nitrogen and oxygen atoms in total. The van der Waals surface area contributed by atoms with Crippen LogP contribution in [0.3, 0.4) is 0 Å². The van der Waals surface area contributed by atoms with Crippen LogP contribution in [0.15, 0.2) is 65.2 Å². The molecule has 4 rings (SSSR count). The maximum absolute atomic E-state index is 13.2. The molecule has 206 valence electrons. The summed E-state index contributed by atoms with van der Waals surface area (Å²) in [7, 11) is -1.53. The summed E-state index contributed by atoms with van der Waals surface area (Å²) in [5.41, 5.74) is 1.28. The van der Waals surface area contributed by atoms with Gasteiger partial charge in [-0.15, -0.1) is 11.8 Å². The Morgan fingerprint density at radius 2 is 1.74 bits per heavy atom. The van der Waals surface area contributed by atoms with E-state index in [4.69, 9.17) is 14.2 Å². The molecule has 13 heteroatoms. The van der Waals surface area contributed by atoms with Crippen LogP contribution in [0.25, 0.3) is 0 Å². The van der Waals surface area contributed by atoms with Crippen LogP contribution in [0.5, 0.6) is 0 Å². The first-order valence-electron chi connectivity index (χ1n) is 12.0. The van der Waals surface area contributed by atoms with Crippen molar-refractivity contribution in [3.8, 4) is 0 Å². The number of fused-ring (bicyclic) bond motifs is 1. The van der Waals surface area contributed by atoms with Crippen LogP contribution in [0, 0.1) is 16.0 Å². The van der Waals surface area contributed by atoms with Gasteiger partial charge in [-0.3, -0.25) is 24.0 Å². The van der Waals surface area contributed by atoms with Crippen molar-refractivity contribution < 1.29 is 37.7 Å². The Bertz CT molecular complexity index is 1310. The summed E-state index contributed by atoms with van der Waals surface area (Å²) in [5.74, 6) is -1.42. The zero-order valence-corrected chi connectivity index (χ0v) is 22.8. The number of ether oxygens (including phenoxy) is 3. The minimum Gasteiger partial charge on any atom is -0.456 e. The van der Waals surface area contributed by atoms with E-state index in [0.717, 1.165) is 5.56 Å². The van der Waals surface area contributed by atoms with Gasteiger partial charge in [0.2, 0.25) is 5.91 Å². The smallest absolute Gasteiger partial charge is 0.456 e. The van der Waals surface area contributed by atoms with Crippen LogP contribution in [0.1, 0.15) is 25.0 Å². The predicted octanol–water partition coefficient (Wildman–Crippen LogP) is 3.89. The number of thioether (sulfide) groups is 1. The quantitative estimate of drug-likeness (QED) is 0.177. The van der Waals surface area contributed by atoms with Crippen molar-refractivity contribution in [3.05, 3.63) is 86.4 Å². The summed E-state index contributed by atoms with van der Waals surface area (Å²) in [6.07, 6.45) is -2.03. The van der Waals surface area contributed by atoms with Crippen LogP contribution < -0.4 is 0 Å². The van der Waals surface area contributed by atoms with Gasteiger partial charge in [-0.1, -0.05) is 37.3 Å². The number of amides is 1. The fourth-order valence-corrected chi connectivity index (χ4v) is 7.28. The van der Waals surface area contributed by atoms with Gasteiger partial charge in [0.25, 0.3) is 5.69 Å². The zero-order chi connectivity index (χ0) is 28.1. The van der Waals surface area contributed by atoms with Crippen molar-refractivity contribution in [1.82, 2.24) is 4.90 Å². The third-order valence-corrected chi connectivity index (χ3v) is 8.92. The molecule has 0 aliphatic carbocycles. The van der Waals surface area contributed by atoms with Gasteiger partial charge < -0.3 is 14.2 Å². The van der Waals surface area contributed by atoms with Crippen molar-refractivity contribution in [1.29, 1.82) is 0 Å². The van der Waals surface area contributed by atoms with E-state index < -0.39 is 51.2 Å². The normalized spacial score (nSPS) is 20.9. The number of β-lactam (4-membered cyclic amide) rings is 1. The average Bonchev–Trinajstić information content (AvgIpc) is 2.92. The minimum absolute atomic E-state index is 0.0204. The predicted molar refractivity (Wildman–Crippen MR) is 142 cm³/mol. The zero-order valence-electron chi connectivity index (χ0n) is 21.1. The van der Waals surface area contributed by atoms with Crippen molar-refractivity contribution in [2.24, 2.45) is 5.92 Å². The van der Waals surface area contributed by atoms with Crippen LogP contribution in [-0.4, -0.2) is 55.0 Å². The number of nitro groups is 1. The largest absolute Gasteiger partial charge is 0.508 e. The number of hydrogen-bond donors (Lipinski definition) is 0. The first-order chi connectivity index (χ1) is 18.7. The standard InChI is InChI=1S/C26H26N2O9S2/c1-3-38-20-15-39(34)24-21(16(2)37-26(31)36-14-18-9-11-19(12-10-18)28(32)33)23(29)27(24)22(20)25(30)35-13-17-7-5-4-6-8-17/h4-12,16,21,24H,3,13-15H2,1-2H3/t16?,21-,24+,39?/m0/s1. The molecule has 0 bridgehead atoms. The van der Waals surface area contributed by atoms with E-state index in [1.54, 1.807) is 0 Å². The second kappa shape index (κ2) is 12.4. The molecular weight excluding hydrogens is 548 g/mol. The number of hydrogen-bond acceptors (Lipinski definition) is 10. The molecule has 2 aromatic rings. The molecule has 0 spiro atoms. The topological polar surface area (TPSA) is 142 Å². The highest BCUT2D eigenvalue weighted by atomic mass is 32.2. The Morgan fingerprint density at radius 1 is 1.10 bits per heavy atom. The van der Waals surface area contributed by atoms with E-state index >= 15 is 0 Å². The molecule has 2 aliphatic heterocycles. The van der Waals surface area contributed by atoms with E-state index in [1.807, 2.05) is 37.3 Å². The molecule has 39 heavy (non-hydrogen) atoms. The number of benzene rings is 2. The number of carbonyl (C=O) groups excluding carboxylic acids is 3. The van der Waals surface area contributed by atoms with E-state index in [1.165, 1.54) is 47.9 Å². The molecule has 1 saturated heterocycles. The number of non-ortho nitro benzene ring substituents is 1. The molecule has 2 aliphatic rings. The highest BCUT2D eigenvalue weighted by Crippen LogP contribution is 2.43. The lowest BCUT2D eigenvalue weighted by atomic mass is 9.91. The Morgan fingerprint density at radius 3 is 2.38 bits per heavy atom. The fourth-order valence-electron chi connectivity index (χ4n) is 4.26. The van der Waals surface area contributed by atoms with Gasteiger partial charge in [-0.25, -0.2) is 9.59 Å². The van der Waals surface area contributed by atoms with Crippen molar-refractivity contribution >= 4 is 46.3 Å². The minimum atomic E-state index is -1.53. The molecule has 4 atom stereocenters. The summed E-state index contributed by atoms with van der Waals surface area (Å²) in [6, 6.07) is 14.6. The highest BCUT2D eigenvalue weighted by Gasteiger charge is 2.59. The Labute approximate surface area is 231 Å². The lowest BCUT2D eigenvalue weighted by molar-refractivity contribution is -0.384. The van der Waals surface area contributed by atoms with Crippen LogP contribution in [0.2, 0.25) is 0 Å². The average molecular weight is 575 g/mol. The maximum Gasteiger partial charge on any atom is 0.508 e. The van der Waals surface area contributed by atoms with Crippen LogP contribution in [-0.2, 0) is 47.8 Å². The summed E-state index contributed by atoms with van der Waals surface area (Å²) >= 11 is 1.33. The monoisotopic (exact) mass is 574 g/mol. The number of esters is 1. The second-order valence-electron chi connectivity index (χ2n) is 8.70. The van der Waals surface area contributed by atoms with Crippen molar-refractivity contribution in [2.45, 2.75) is 38.5 Å². The van der Waals surface area contributed by atoms with Crippen molar-refractivity contribution in [3.63, 3.8) is 0 Å². The summed E-state index contributed by atoms with van der Waals surface area (Å²) in [4.78, 5) is 50.6. The van der Waals surface area contributed by atoms with Gasteiger partial charge in [0.05, 0.1) is 21.5 Å². The Hall–Kier alpha value is -3.71. The summed E-state index contributed by atoms with van der Waals surface area (Å²) < 4.78 is 29.0. The first-order valence-corrected chi connectivity index (χ1v) is 14.4. The third-order valence-electron chi connectivity index (χ3n) is 6.15. The second-order valence-corrected chi connectivity index (χ2v) is 11.6. The number of nitro benzene ring substituents is 1. The lowest BCUT2D eigenvalue weighted by Gasteiger charge is -2.50. The van der Waals surface area contributed by atoms with E-state index in [2.05, 4.69) is 0 Å². The molecule has 2 unspecified atom stereocenters. The molecule has 0 N–H and O–H groups in total. The number of carbonyl (C=O) groups is 3. The first kappa shape index (κ1) is 28.3. The molecule has 0 radical (unpaired) electrons. The van der Waals surface area contributed by atoms with Gasteiger partial charge >= 0.3 is 12.1 Å². The molecular formula is C26H26N2O9S2. The van der Waals surface area contributed by atoms with Crippen LogP contribution in [0.4, 0.5) is 10.5 Å².